The molecular formula is C24H18N4O2. The van der Waals surface area contributed by atoms with Crippen molar-refractivity contribution in [3.63, 3.8) is 0 Å². The van der Waals surface area contributed by atoms with Gasteiger partial charge in [0.1, 0.15) is 17.8 Å². The highest BCUT2D eigenvalue weighted by atomic mass is 16.3. The highest BCUT2D eigenvalue weighted by molar-refractivity contribution is 6.09. The van der Waals surface area contributed by atoms with Crippen LogP contribution in [0.25, 0.3) is 28.0 Å². The summed E-state index contributed by atoms with van der Waals surface area (Å²) >= 11 is 0. The van der Waals surface area contributed by atoms with Crippen molar-refractivity contribution in [3.8, 4) is 22.5 Å². The molecule has 1 N–H and O–H groups in total. The molecule has 0 aliphatic rings. The number of amides is 1. The minimum absolute atomic E-state index is 0.255. The number of carbonyl (C=O) groups is 1. The quantitative estimate of drug-likeness (QED) is 0.454. The van der Waals surface area contributed by atoms with Gasteiger partial charge in [0.05, 0.1) is 11.3 Å². The van der Waals surface area contributed by atoms with E-state index in [4.69, 9.17) is 4.42 Å². The van der Waals surface area contributed by atoms with Crippen LogP contribution in [0.5, 0.6) is 0 Å². The lowest BCUT2D eigenvalue weighted by Gasteiger charge is -2.07. The van der Waals surface area contributed by atoms with Gasteiger partial charge in [0.15, 0.2) is 6.39 Å². The fourth-order valence-electron chi connectivity index (χ4n) is 3.46. The number of rotatable bonds is 4. The molecule has 0 unspecified atom stereocenters. The van der Waals surface area contributed by atoms with Crippen molar-refractivity contribution in [3.05, 3.63) is 96.8 Å². The number of pyridine rings is 2. The summed E-state index contributed by atoms with van der Waals surface area (Å²) < 4.78 is 7.17. The van der Waals surface area contributed by atoms with E-state index in [0.717, 1.165) is 22.2 Å². The molecular weight excluding hydrogens is 376 g/mol. The summed E-state index contributed by atoms with van der Waals surface area (Å²) in [7, 11) is 0. The van der Waals surface area contributed by atoms with Crippen molar-refractivity contribution >= 4 is 17.2 Å². The van der Waals surface area contributed by atoms with E-state index in [2.05, 4.69) is 27.4 Å². The molecule has 4 aromatic heterocycles. The lowest BCUT2D eigenvalue weighted by Crippen LogP contribution is -2.13. The molecule has 0 aliphatic heterocycles. The number of aryl methyl sites for hydroxylation is 1. The van der Waals surface area contributed by atoms with Gasteiger partial charge in [-0.15, -0.1) is 0 Å². The Hall–Kier alpha value is -4.19. The molecule has 1 amide bonds. The summed E-state index contributed by atoms with van der Waals surface area (Å²) in [5, 5.41) is 2.87. The van der Waals surface area contributed by atoms with Crippen molar-refractivity contribution in [2.24, 2.45) is 0 Å². The van der Waals surface area contributed by atoms with Crippen LogP contribution in [0.4, 0.5) is 5.82 Å². The summed E-state index contributed by atoms with van der Waals surface area (Å²) in [6.45, 7) is 1.95. The Balaban J connectivity index is 1.63. The maximum Gasteiger partial charge on any atom is 0.259 e. The van der Waals surface area contributed by atoms with Gasteiger partial charge in [-0.05, 0) is 41.8 Å². The fourth-order valence-corrected chi connectivity index (χ4v) is 3.46. The number of fused-ring (bicyclic) bond motifs is 1. The number of benzene rings is 1. The van der Waals surface area contributed by atoms with Crippen LogP contribution in [0, 0.1) is 6.92 Å². The number of oxazole rings is 1. The van der Waals surface area contributed by atoms with Gasteiger partial charge in [0.25, 0.3) is 5.91 Å². The molecule has 0 saturated carbocycles. The molecule has 1 aromatic carbocycles. The molecule has 0 spiro atoms. The lowest BCUT2D eigenvalue weighted by molar-refractivity contribution is 0.102. The Bertz CT molecular complexity index is 1320. The summed E-state index contributed by atoms with van der Waals surface area (Å²) in [5.41, 5.74) is 5.79. The third-order valence-corrected chi connectivity index (χ3v) is 4.95. The van der Waals surface area contributed by atoms with E-state index in [-0.39, 0.29) is 5.91 Å². The molecule has 6 nitrogen and oxygen atoms in total. The largest absolute Gasteiger partial charge is 0.451 e. The molecule has 0 saturated heterocycles. The van der Waals surface area contributed by atoms with E-state index in [0.29, 0.717) is 22.8 Å². The minimum Gasteiger partial charge on any atom is -0.451 e. The van der Waals surface area contributed by atoms with Crippen LogP contribution in [0.2, 0.25) is 0 Å². The van der Waals surface area contributed by atoms with E-state index in [1.807, 2.05) is 60.0 Å². The summed E-state index contributed by atoms with van der Waals surface area (Å²) in [4.78, 5) is 21.7. The van der Waals surface area contributed by atoms with Crippen LogP contribution < -0.4 is 5.32 Å². The molecule has 6 heteroatoms. The second-order valence-electron chi connectivity index (χ2n) is 7.03. The predicted molar refractivity (Wildman–Crippen MR) is 115 cm³/mol. The first-order chi connectivity index (χ1) is 14.7. The van der Waals surface area contributed by atoms with E-state index < -0.39 is 0 Å². The van der Waals surface area contributed by atoms with E-state index in [1.165, 1.54) is 12.7 Å². The smallest absolute Gasteiger partial charge is 0.259 e. The first kappa shape index (κ1) is 17.9. The molecule has 30 heavy (non-hydrogen) atoms. The molecule has 0 aliphatic carbocycles. The summed E-state index contributed by atoms with van der Waals surface area (Å²) in [6.07, 6.45) is 6.63. The number of anilines is 1. The van der Waals surface area contributed by atoms with E-state index in [1.54, 1.807) is 12.3 Å². The zero-order valence-corrected chi connectivity index (χ0v) is 16.2. The second kappa shape index (κ2) is 7.33. The Morgan fingerprint density at radius 3 is 2.60 bits per heavy atom. The van der Waals surface area contributed by atoms with Crippen molar-refractivity contribution in [1.29, 1.82) is 0 Å². The monoisotopic (exact) mass is 394 g/mol. The summed E-state index contributed by atoms with van der Waals surface area (Å²) in [6, 6.07) is 19.7. The zero-order chi connectivity index (χ0) is 20.5. The first-order valence-electron chi connectivity index (χ1n) is 9.52. The maximum absolute atomic E-state index is 13.1. The number of aromatic nitrogens is 3. The number of hydrogen-bond acceptors (Lipinski definition) is 4. The predicted octanol–water partition coefficient (Wildman–Crippen LogP) is 5.22. The van der Waals surface area contributed by atoms with Crippen molar-refractivity contribution < 1.29 is 9.21 Å². The lowest BCUT2D eigenvalue weighted by atomic mass is 10.1. The molecule has 0 atom stereocenters. The molecule has 4 heterocycles. The molecule has 0 radical (unpaired) electrons. The van der Waals surface area contributed by atoms with Gasteiger partial charge in [-0.3, -0.25) is 4.79 Å². The van der Waals surface area contributed by atoms with Gasteiger partial charge in [0.2, 0.25) is 0 Å². The first-order valence-corrected chi connectivity index (χ1v) is 9.52. The van der Waals surface area contributed by atoms with Crippen LogP contribution in [0.15, 0.2) is 90.1 Å². The highest BCUT2D eigenvalue weighted by Gasteiger charge is 2.21. The molecule has 0 fully saturated rings. The van der Waals surface area contributed by atoms with Gasteiger partial charge >= 0.3 is 0 Å². The highest BCUT2D eigenvalue weighted by Crippen LogP contribution is 2.30. The molecule has 5 rings (SSSR count). The molecule has 5 aromatic rings. The number of hydrogen-bond donors (Lipinski definition) is 1. The van der Waals surface area contributed by atoms with Gasteiger partial charge < -0.3 is 14.1 Å². The normalized spacial score (nSPS) is 11.0. The Morgan fingerprint density at radius 2 is 1.87 bits per heavy atom. The van der Waals surface area contributed by atoms with E-state index in [9.17, 15) is 4.79 Å². The van der Waals surface area contributed by atoms with Gasteiger partial charge in [-0.2, -0.15) is 0 Å². The van der Waals surface area contributed by atoms with Crippen LogP contribution in [0.3, 0.4) is 0 Å². The number of nitrogens with zero attached hydrogens (tertiary/aromatic N) is 3. The second-order valence-corrected chi connectivity index (χ2v) is 7.03. The van der Waals surface area contributed by atoms with Crippen LogP contribution in [0.1, 0.15) is 15.9 Å². The van der Waals surface area contributed by atoms with Gasteiger partial charge in [-0.1, -0.05) is 42.5 Å². The molecule has 146 valence electrons. The minimum atomic E-state index is -0.255. The van der Waals surface area contributed by atoms with Crippen molar-refractivity contribution in [1.82, 2.24) is 14.4 Å². The van der Waals surface area contributed by atoms with Gasteiger partial charge in [0, 0.05) is 17.9 Å². The SMILES string of the molecule is Cc1ccc(NC(=O)c2cc3ccc(-c4ccccc4)cn3c2-c2cocn2)nc1. The Morgan fingerprint density at radius 1 is 1.00 bits per heavy atom. The van der Waals surface area contributed by atoms with Crippen LogP contribution in [-0.2, 0) is 0 Å². The Labute approximate surface area is 172 Å². The number of nitrogens with one attached hydrogen (secondary N) is 1. The topological polar surface area (TPSA) is 72.4 Å². The van der Waals surface area contributed by atoms with Crippen LogP contribution >= 0.6 is 0 Å². The average molecular weight is 394 g/mol. The maximum atomic E-state index is 13.1. The standard InChI is InChI=1S/C24H18N4O2/c1-16-7-10-22(25-12-16)27-24(29)20-11-19-9-8-18(17-5-3-2-4-6-17)13-28(19)23(20)21-14-30-15-26-21/h2-15H,1H3,(H,25,27,29). The van der Waals surface area contributed by atoms with Crippen molar-refractivity contribution in [2.75, 3.05) is 5.32 Å². The van der Waals surface area contributed by atoms with Crippen LogP contribution in [-0.4, -0.2) is 20.3 Å². The fraction of sp³-hybridized carbons (Fsp3) is 0.0417. The molecule has 0 bridgehead atoms. The van der Waals surface area contributed by atoms with E-state index >= 15 is 0 Å². The Kier molecular flexibility index (Phi) is 4.37. The number of carbonyl (C=O) groups excluding carboxylic acids is 1. The third-order valence-electron chi connectivity index (χ3n) is 4.95. The van der Waals surface area contributed by atoms with Gasteiger partial charge in [-0.25, -0.2) is 9.97 Å². The zero-order valence-electron chi connectivity index (χ0n) is 16.2. The third kappa shape index (κ3) is 3.24. The average Bonchev–Trinajstić information content (AvgIpc) is 3.43. The summed E-state index contributed by atoms with van der Waals surface area (Å²) in [5.74, 6) is 0.242. The van der Waals surface area contributed by atoms with Crippen molar-refractivity contribution in [2.45, 2.75) is 6.92 Å².